The maximum absolute atomic E-state index is 13.7. The van der Waals surface area contributed by atoms with Crippen LogP contribution in [-0.2, 0) is 26.2 Å². The number of rotatable bonds is 11. The maximum Gasteiger partial charge on any atom is 0.264 e. The summed E-state index contributed by atoms with van der Waals surface area (Å²) in [7, 11) is -2.59. The van der Waals surface area contributed by atoms with E-state index in [1.807, 2.05) is 38.1 Å². The van der Waals surface area contributed by atoms with Gasteiger partial charge in [-0.1, -0.05) is 48.0 Å². The van der Waals surface area contributed by atoms with Crippen LogP contribution in [0.25, 0.3) is 0 Å². The van der Waals surface area contributed by atoms with Gasteiger partial charge in [-0.25, -0.2) is 8.42 Å². The molecule has 8 nitrogen and oxygen atoms in total. The number of carbonyl (C=O) groups is 2. The Balaban J connectivity index is 2.01. The monoisotopic (exact) mass is 523 g/mol. The number of aryl methyl sites for hydroxylation is 1. The SMILES string of the molecule is CCOc1ccc(N(CC(=O)N(Cc2cccc(C)c2)C(C)C(=O)NC)S(=O)(=O)c2ccccc2)cc1. The first-order valence-corrected chi connectivity index (χ1v) is 13.5. The fourth-order valence-electron chi connectivity index (χ4n) is 3.92. The van der Waals surface area contributed by atoms with Gasteiger partial charge in [-0.2, -0.15) is 0 Å². The van der Waals surface area contributed by atoms with Crippen molar-refractivity contribution in [3.05, 3.63) is 90.0 Å². The second-order valence-electron chi connectivity index (χ2n) is 8.55. The number of nitrogens with zero attached hydrogens (tertiary/aromatic N) is 2. The molecular formula is C28H33N3O5S. The fraction of sp³-hybridized carbons (Fsp3) is 0.286. The first-order valence-electron chi connectivity index (χ1n) is 12.0. The van der Waals surface area contributed by atoms with Crippen LogP contribution in [-0.4, -0.2) is 51.4 Å². The molecule has 0 saturated heterocycles. The van der Waals surface area contributed by atoms with Gasteiger partial charge in [-0.05, 0) is 62.7 Å². The number of likely N-dealkylation sites (N-methyl/N-ethyl adjacent to an activating group) is 1. The van der Waals surface area contributed by atoms with Gasteiger partial charge in [0.15, 0.2) is 0 Å². The van der Waals surface area contributed by atoms with Crippen LogP contribution in [0.5, 0.6) is 5.75 Å². The number of hydrogen-bond donors (Lipinski definition) is 1. The number of sulfonamides is 1. The van der Waals surface area contributed by atoms with Crippen LogP contribution < -0.4 is 14.4 Å². The Morgan fingerprint density at radius 3 is 2.24 bits per heavy atom. The summed E-state index contributed by atoms with van der Waals surface area (Å²) < 4.78 is 34.0. The molecular weight excluding hydrogens is 490 g/mol. The number of ether oxygens (including phenoxy) is 1. The van der Waals surface area contributed by atoms with E-state index in [0.29, 0.717) is 18.0 Å². The molecule has 1 N–H and O–H groups in total. The molecule has 1 unspecified atom stereocenters. The van der Waals surface area contributed by atoms with Crippen LogP contribution in [0.2, 0.25) is 0 Å². The third-order valence-electron chi connectivity index (χ3n) is 5.89. The predicted octanol–water partition coefficient (Wildman–Crippen LogP) is 3.75. The number of benzene rings is 3. The summed E-state index contributed by atoms with van der Waals surface area (Å²) in [6.45, 7) is 5.55. The zero-order valence-electron chi connectivity index (χ0n) is 21.5. The summed E-state index contributed by atoms with van der Waals surface area (Å²) in [4.78, 5) is 27.7. The van der Waals surface area contributed by atoms with Gasteiger partial charge in [0.05, 0.1) is 17.2 Å². The fourth-order valence-corrected chi connectivity index (χ4v) is 5.36. The molecule has 0 bridgehead atoms. The van der Waals surface area contributed by atoms with Gasteiger partial charge in [0, 0.05) is 13.6 Å². The number of carbonyl (C=O) groups excluding carboxylic acids is 2. The van der Waals surface area contributed by atoms with E-state index >= 15 is 0 Å². The van der Waals surface area contributed by atoms with Crippen molar-refractivity contribution in [1.29, 1.82) is 0 Å². The lowest BCUT2D eigenvalue weighted by molar-refractivity contribution is -0.139. The number of amides is 2. The molecule has 0 aliphatic carbocycles. The topological polar surface area (TPSA) is 96.0 Å². The van der Waals surface area contributed by atoms with Crippen molar-refractivity contribution < 1.29 is 22.7 Å². The molecule has 3 aromatic carbocycles. The highest BCUT2D eigenvalue weighted by Crippen LogP contribution is 2.26. The van der Waals surface area contributed by atoms with Gasteiger partial charge in [0.25, 0.3) is 10.0 Å². The highest BCUT2D eigenvalue weighted by atomic mass is 32.2. The van der Waals surface area contributed by atoms with E-state index < -0.39 is 28.5 Å². The van der Waals surface area contributed by atoms with Crippen molar-refractivity contribution in [3.63, 3.8) is 0 Å². The minimum absolute atomic E-state index is 0.0567. The predicted molar refractivity (Wildman–Crippen MR) is 144 cm³/mol. The van der Waals surface area contributed by atoms with Crippen molar-refractivity contribution >= 4 is 27.5 Å². The van der Waals surface area contributed by atoms with Crippen LogP contribution in [0.15, 0.2) is 83.8 Å². The van der Waals surface area contributed by atoms with Crippen LogP contribution in [0.1, 0.15) is 25.0 Å². The van der Waals surface area contributed by atoms with Gasteiger partial charge in [-0.15, -0.1) is 0 Å². The van der Waals surface area contributed by atoms with Crippen LogP contribution >= 0.6 is 0 Å². The van der Waals surface area contributed by atoms with E-state index in [4.69, 9.17) is 4.74 Å². The largest absolute Gasteiger partial charge is 0.494 e. The summed E-state index contributed by atoms with van der Waals surface area (Å²) in [5.41, 5.74) is 2.16. The zero-order valence-corrected chi connectivity index (χ0v) is 22.4. The summed E-state index contributed by atoms with van der Waals surface area (Å²) in [6.07, 6.45) is 0. The zero-order chi connectivity index (χ0) is 27.0. The molecule has 9 heteroatoms. The van der Waals surface area contributed by atoms with E-state index in [2.05, 4.69) is 5.32 Å². The third-order valence-corrected chi connectivity index (χ3v) is 7.68. The number of hydrogen-bond acceptors (Lipinski definition) is 5. The molecule has 37 heavy (non-hydrogen) atoms. The Hall–Kier alpha value is -3.85. The normalized spacial score (nSPS) is 11.9. The summed E-state index contributed by atoms with van der Waals surface area (Å²) in [6, 6.07) is 21.3. The minimum atomic E-state index is -4.09. The van der Waals surface area contributed by atoms with E-state index in [1.165, 1.54) is 24.1 Å². The quantitative estimate of drug-likeness (QED) is 0.413. The summed E-state index contributed by atoms with van der Waals surface area (Å²) >= 11 is 0. The molecule has 0 aliphatic rings. The average molecular weight is 524 g/mol. The maximum atomic E-state index is 13.7. The Labute approximate surface area is 218 Å². The van der Waals surface area contributed by atoms with Crippen molar-refractivity contribution in [3.8, 4) is 5.75 Å². The van der Waals surface area contributed by atoms with E-state index in [0.717, 1.165) is 15.4 Å². The number of anilines is 1. The van der Waals surface area contributed by atoms with Crippen LogP contribution in [0.3, 0.4) is 0 Å². The van der Waals surface area contributed by atoms with Gasteiger partial charge < -0.3 is 15.0 Å². The van der Waals surface area contributed by atoms with Crippen molar-refractivity contribution in [1.82, 2.24) is 10.2 Å². The Morgan fingerprint density at radius 2 is 1.65 bits per heavy atom. The molecule has 3 rings (SSSR count). The highest BCUT2D eigenvalue weighted by Gasteiger charge is 2.32. The lowest BCUT2D eigenvalue weighted by Gasteiger charge is -2.32. The molecule has 0 saturated carbocycles. The minimum Gasteiger partial charge on any atom is -0.494 e. The molecule has 2 amide bonds. The van der Waals surface area contributed by atoms with E-state index in [-0.39, 0.29) is 17.3 Å². The third kappa shape index (κ3) is 6.89. The van der Waals surface area contributed by atoms with E-state index in [9.17, 15) is 18.0 Å². The average Bonchev–Trinajstić information content (AvgIpc) is 2.90. The lowest BCUT2D eigenvalue weighted by atomic mass is 10.1. The first-order chi connectivity index (χ1) is 17.7. The molecule has 0 radical (unpaired) electrons. The van der Waals surface area contributed by atoms with Gasteiger partial charge in [-0.3, -0.25) is 13.9 Å². The molecule has 1 atom stereocenters. The highest BCUT2D eigenvalue weighted by molar-refractivity contribution is 7.92. The Morgan fingerprint density at radius 1 is 0.973 bits per heavy atom. The standard InChI is InChI=1S/C28H33N3O5S/c1-5-36-25-16-14-24(15-17-25)31(37(34,35)26-12-7-6-8-13-26)20-27(32)30(22(3)28(33)29-4)19-23-11-9-10-21(2)18-23/h6-18,22H,5,19-20H2,1-4H3,(H,29,33). The van der Waals surface area contributed by atoms with Crippen LogP contribution in [0, 0.1) is 6.92 Å². The molecule has 0 fully saturated rings. The van der Waals surface area contributed by atoms with Gasteiger partial charge in [0.1, 0.15) is 18.3 Å². The summed E-state index contributed by atoms with van der Waals surface area (Å²) in [5, 5.41) is 2.58. The van der Waals surface area contributed by atoms with Crippen LogP contribution in [0.4, 0.5) is 5.69 Å². The number of nitrogens with one attached hydrogen (secondary N) is 1. The molecule has 0 spiro atoms. The van der Waals surface area contributed by atoms with Crippen molar-refractivity contribution in [2.75, 3.05) is 24.5 Å². The molecule has 0 aliphatic heterocycles. The first kappa shape index (κ1) is 27.7. The van der Waals surface area contributed by atoms with E-state index in [1.54, 1.807) is 49.4 Å². The van der Waals surface area contributed by atoms with Crippen molar-refractivity contribution in [2.24, 2.45) is 0 Å². The van der Waals surface area contributed by atoms with Gasteiger partial charge >= 0.3 is 0 Å². The summed E-state index contributed by atoms with van der Waals surface area (Å²) in [5.74, 6) is -0.269. The Kier molecular flexibility index (Phi) is 9.30. The Bertz CT molecular complexity index is 1310. The molecule has 0 aromatic heterocycles. The lowest BCUT2D eigenvalue weighted by Crippen LogP contribution is -2.50. The molecule has 3 aromatic rings. The molecule has 196 valence electrons. The second-order valence-corrected chi connectivity index (χ2v) is 10.4. The molecule has 0 heterocycles. The second kappa shape index (κ2) is 12.4. The van der Waals surface area contributed by atoms with Gasteiger partial charge in [0.2, 0.25) is 11.8 Å². The smallest absolute Gasteiger partial charge is 0.264 e. The van der Waals surface area contributed by atoms with Crippen molar-refractivity contribution in [2.45, 2.75) is 38.3 Å².